The number of H-pyrrole nitrogens is 1. The van der Waals surface area contributed by atoms with E-state index in [1.165, 1.54) is 4.90 Å². The van der Waals surface area contributed by atoms with E-state index < -0.39 is 5.78 Å². The summed E-state index contributed by atoms with van der Waals surface area (Å²) < 4.78 is 0. The molecule has 0 radical (unpaired) electrons. The van der Waals surface area contributed by atoms with Crippen LogP contribution in [0.2, 0.25) is 0 Å². The van der Waals surface area contributed by atoms with E-state index in [1.54, 1.807) is 11.1 Å². The van der Waals surface area contributed by atoms with Crippen LogP contribution in [0.3, 0.4) is 0 Å². The molecule has 1 aromatic heterocycles. The van der Waals surface area contributed by atoms with Crippen molar-refractivity contribution in [2.75, 3.05) is 32.7 Å². The standard InChI is InChI=1S/C16H19N3O2/c1-2-18-7-9-19(10-8-18)16(21)15(20)13-11-17-14-6-4-3-5-12(13)14/h3-6,11,17H,2,7-10H2,1H3/p+1. The van der Waals surface area contributed by atoms with Gasteiger partial charge in [0.05, 0.1) is 38.3 Å². The van der Waals surface area contributed by atoms with Gasteiger partial charge in [-0.3, -0.25) is 9.59 Å². The normalized spacial score (nSPS) is 16.3. The van der Waals surface area contributed by atoms with E-state index in [1.807, 2.05) is 24.3 Å². The molecule has 3 rings (SSSR count). The van der Waals surface area contributed by atoms with E-state index in [9.17, 15) is 9.59 Å². The number of aromatic nitrogens is 1. The number of aromatic amines is 1. The molecule has 0 saturated carbocycles. The van der Waals surface area contributed by atoms with Gasteiger partial charge in [-0.15, -0.1) is 0 Å². The summed E-state index contributed by atoms with van der Waals surface area (Å²) in [7, 11) is 0. The van der Waals surface area contributed by atoms with Crippen LogP contribution in [-0.4, -0.2) is 54.3 Å². The fourth-order valence-corrected chi connectivity index (χ4v) is 2.90. The van der Waals surface area contributed by atoms with E-state index in [2.05, 4.69) is 11.9 Å². The van der Waals surface area contributed by atoms with Gasteiger partial charge in [-0.1, -0.05) is 18.2 Å². The van der Waals surface area contributed by atoms with Gasteiger partial charge in [-0.05, 0) is 13.0 Å². The van der Waals surface area contributed by atoms with Crippen LogP contribution in [0.5, 0.6) is 0 Å². The number of likely N-dealkylation sites (N-methyl/N-ethyl adjacent to an activating group) is 1. The quantitative estimate of drug-likeness (QED) is 0.621. The Balaban J connectivity index is 1.77. The van der Waals surface area contributed by atoms with Crippen molar-refractivity contribution < 1.29 is 14.5 Å². The van der Waals surface area contributed by atoms with Crippen LogP contribution in [0.4, 0.5) is 0 Å². The number of rotatable bonds is 3. The van der Waals surface area contributed by atoms with E-state index in [0.717, 1.165) is 30.5 Å². The minimum atomic E-state index is -0.410. The summed E-state index contributed by atoms with van der Waals surface area (Å²) in [5.74, 6) is -0.790. The number of nitrogens with one attached hydrogen (secondary N) is 2. The Kier molecular flexibility index (Phi) is 3.75. The number of amides is 1. The lowest BCUT2D eigenvalue weighted by molar-refractivity contribution is -0.902. The van der Waals surface area contributed by atoms with E-state index in [0.29, 0.717) is 18.7 Å². The van der Waals surface area contributed by atoms with Gasteiger partial charge in [0, 0.05) is 17.1 Å². The molecule has 21 heavy (non-hydrogen) atoms. The zero-order chi connectivity index (χ0) is 14.8. The van der Waals surface area contributed by atoms with Crippen LogP contribution in [-0.2, 0) is 4.79 Å². The fraction of sp³-hybridized carbons (Fsp3) is 0.375. The maximum absolute atomic E-state index is 12.5. The van der Waals surface area contributed by atoms with E-state index >= 15 is 0 Å². The molecule has 2 heterocycles. The lowest BCUT2D eigenvalue weighted by Crippen LogP contribution is -3.14. The second-order valence-corrected chi connectivity index (χ2v) is 5.47. The van der Waals surface area contributed by atoms with Crippen molar-refractivity contribution in [2.45, 2.75) is 6.92 Å². The lowest BCUT2D eigenvalue weighted by atomic mass is 10.1. The first-order valence-corrected chi connectivity index (χ1v) is 7.44. The maximum atomic E-state index is 12.5. The SMILES string of the molecule is CC[NH+]1CCN(C(=O)C(=O)c2c[nH]c3ccccc23)CC1. The molecular weight excluding hydrogens is 266 g/mol. The molecule has 1 aliphatic rings. The number of nitrogens with zero attached hydrogens (tertiary/aromatic N) is 1. The lowest BCUT2D eigenvalue weighted by Gasteiger charge is -2.31. The maximum Gasteiger partial charge on any atom is 0.295 e. The van der Waals surface area contributed by atoms with Crippen LogP contribution in [0.1, 0.15) is 17.3 Å². The van der Waals surface area contributed by atoms with Crippen LogP contribution in [0.15, 0.2) is 30.5 Å². The first kappa shape index (κ1) is 13.8. The highest BCUT2D eigenvalue weighted by Gasteiger charge is 2.29. The van der Waals surface area contributed by atoms with Crippen molar-refractivity contribution in [3.8, 4) is 0 Å². The smallest absolute Gasteiger partial charge is 0.295 e. The summed E-state index contributed by atoms with van der Waals surface area (Å²) in [6, 6.07) is 7.55. The van der Waals surface area contributed by atoms with Gasteiger partial charge in [0.1, 0.15) is 0 Å². The molecule has 0 spiro atoms. The molecule has 1 amide bonds. The Morgan fingerprint density at radius 1 is 1.24 bits per heavy atom. The zero-order valence-electron chi connectivity index (χ0n) is 12.2. The van der Waals surface area contributed by atoms with Gasteiger partial charge in [0.25, 0.3) is 11.7 Å². The monoisotopic (exact) mass is 286 g/mol. The first-order chi connectivity index (χ1) is 10.2. The summed E-state index contributed by atoms with van der Waals surface area (Å²) in [4.78, 5) is 31.1. The van der Waals surface area contributed by atoms with Crippen LogP contribution >= 0.6 is 0 Å². The molecular formula is C16H20N3O2+. The average Bonchev–Trinajstić information content (AvgIpc) is 2.97. The zero-order valence-corrected chi connectivity index (χ0v) is 12.2. The fourth-order valence-electron chi connectivity index (χ4n) is 2.90. The number of hydrogen-bond donors (Lipinski definition) is 2. The second-order valence-electron chi connectivity index (χ2n) is 5.47. The number of benzene rings is 1. The number of para-hydroxylation sites is 1. The molecule has 0 atom stereocenters. The number of quaternary nitrogens is 1. The van der Waals surface area contributed by atoms with Gasteiger partial charge in [-0.2, -0.15) is 0 Å². The summed E-state index contributed by atoms with van der Waals surface area (Å²) >= 11 is 0. The third-order valence-electron chi connectivity index (χ3n) is 4.29. The predicted molar refractivity (Wildman–Crippen MR) is 80.4 cm³/mol. The topological polar surface area (TPSA) is 57.6 Å². The molecule has 0 bridgehead atoms. The molecule has 1 fully saturated rings. The Hall–Kier alpha value is -2.14. The molecule has 2 aromatic rings. The van der Waals surface area contributed by atoms with Crippen molar-refractivity contribution >= 4 is 22.6 Å². The number of Topliss-reactive ketones (excluding diaryl/α,β-unsaturated/α-hetero) is 1. The van der Waals surface area contributed by atoms with Gasteiger partial charge in [0.2, 0.25) is 0 Å². The van der Waals surface area contributed by atoms with Crippen LogP contribution in [0.25, 0.3) is 10.9 Å². The van der Waals surface area contributed by atoms with E-state index in [4.69, 9.17) is 0 Å². The number of fused-ring (bicyclic) bond motifs is 1. The summed E-state index contributed by atoms with van der Waals surface area (Å²) in [5.41, 5.74) is 1.36. The molecule has 0 aliphatic carbocycles. The van der Waals surface area contributed by atoms with Crippen LogP contribution < -0.4 is 4.90 Å². The molecule has 1 saturated heterocycles. The Bertz CT molecular complexity index is 669. The largest absolute Gasteiger partial charge is 0.360 e. The molecule has 1 aromatic carbocycles. The Morgan fingerprint density at radius 3 is 2.67 bits per heavy atom. The highest BCUT2D eigenvalue weighted by molar-refractivity contribution is 6.44. The van der Waals surface area contributed by atoms with E-state index in [-0.39, 0.29) is 5.91 Å². The van der Waals surface area contributed by atoms with Gasteiger partial charge in [-0.25, -0.2) is 0 Å². The molecule has 1 aliphatic heterocycles. The number of carbonyl (C=O) groups is 2. The molecule has 5 nitrogen and oxygen atoms in total. The van der Waals surface area contributed by atoms with Crippen molar-refractivity contribution in [1.82, 2.24) is 9.88 Å². The first-order valence-electron chi connectivity index (χ1n) is 7.44. The number of carbonyl (C=O) groups excluding carboxylic acids is 2. The number of ketones is 1. The van der Waals surface area contributed by atoms with Crippen molar-refractivity contribution in [3.63, 3.8) is 0 Å². The third kappa shape index (κ3) is 2.56. The number of piperazine rings is 1. The second kappa shape index (κ2) is 5.69. The molecule has 5 heteroatoms. The Morgan fingerprint density at radius 2 is 1.95 bits per heavy atom. The highest BCUT2D eigenvalue weighted by atomic mass is 16.2. The summed E-state index contributed by atoms with van der Waals surface area (Å²) in [6.45, 7) is 6.38. The van der Waals surface area contributed by atoms with Gasteiger partial charge >= 0.3 is 0 Å². The third-order valence-corrected chi connectivity index (χ3v) is 4.29. The molecule has 2 N–H and O–H groups in total. The van der Waals surface area contributed by atoms with Crippen LogP contribution in [0, 0.1) is 0 Å². The predicted octanol–water partition coefficient (Wildman–Crippen LogP) is 0.0976. The molecule has 110 valence electrons. The average molecular weight is 286 g/mol. The Labute approximate surface area is 123 Å². The minimum absolute atomic E-state index is 0.380. The molecule has 0 unspecified atom stereocenters. The van der Waals surface area contributed by atoms with Crippen molar-refractivity contribution in [2.24, 2.45) is 0 Å². The minimum Gasteiger partial charge on any atom is -0.360 e. The van der Waals surface area contributed by atoms with Crippen molar-refractivity contribution in [3.05, 3.63) is 36.0 Å². The number of hydrogen-bond acceptors (Lipinski definition) is 2. The summed E-state index contributed by atoms with van der Waals surface area (Å²) in [5, 5.41) is 0.814. The highest BCUT2D eigenvalue weighted by Crippen LogP contribution is 2.18. The van der Waals surface area contributed by atoms with Gasteiger partial charge < -0.3 is 14.8 Å². The van der Waals surface area contributed by atoms with Crippen molar-refractivity contribution in [1.29, 1.82) is 0 Å². The van der Waals surface area contributed by atoms with Gasteiger partial charge in [0.15, 0.2) is 0 Å². The summed E-state index contributed by atoms with van der Waals surface area (Å²) in [6.07, 6.45) is 1.64.